The van der Waals surface area contributed by atoms with Crippen LogP contribution in [0.2, 0.25) is 5.28 Å². The van der Waals surface area contributed by atoms with E-state index < -0.39 is 53.9 Å². The van der Waals surface area contributed by atoms with E-state index in [2.05, 4.69) is 111 Å². The van der Waals surface area contributed by atoms with Gasteiger partial charge in [-0.15, -0.1) is 0 Å². The number of aromatic nitrogens is 10. The van der Waals surface area contributed by atoms with Crippen LogP contribution in [-0.2, 0) is 39.1 Å². The van der Waals surface area contributed by atoms with E-state index in [1.54, 1.807) is 130 Å². The minimum atomic E-state index is -4.04. The van der Waals surface area contributed by atoms with Crippen LogP contribution in [0, 0.1) is 90.4 Å². The molecular formula is C93H97Cl2F2N23O14S4. The topological polar surface area (TPSA) is 439 Å². The molecule has 138 heavy (non-hydrogen) atoms. The Morgan fingerprint density at radius 2 is 0.659 bits per heavy atom. The number of nitro groups is 3. The number of hydrogen-bond acceptors (Lipinski definition) is 28. The van der Waals surface area contributed by atoms with Crippen molar-refractivity contribution < 1.29 is 57.2 Å². The van der Waals surface area contributed by atoms with Gasteiger partial charge in [-0.1, -0.05) is 24.3 Å². The molecule has 37 nitrogen and oxygen atoms in total. The zero-order chi connectivity index (χ0) is 99.2. The van der Waals surface area contributed by atoms with Crippen molar-refractivity contribution in [3.63, 3.8) is 0 Å². The molecule has 9 aromatic carbocycles. The molecule has 0 bridgehead atoms. The lowest BCUT2D eigenvalue weighted by Crippen LogP contribution is -2.44. The maximum atomic E-state index is 13.7. The average molecular weight is 2000 g/mol. The highest BCUT2D eigenvalue weighted by atomic mass is 35.7. The van der Waals surface area contributed by atoms with E-state index in [1.165, 1.54) is 67.6 Å². The van der Waals surface area contributed by atoms with Crippen molar-refractivity contribution in [1.29, 1.82) is 0 Å². The Kier molecular flexibility index (Phi) is 32.1. The number of aryl methyl sites for hydroxylation is 7. The zero-order valence-electron chi connectivity index (χ0n) is 76.4. The molecule has 720 valence electrons. The smallest absolute Gasteiger partial charge is 0.273 e. The van der Waals surface area contributed by atoms with Crippen LogP contribution >= 0.6 is 22.3 Å². The number of hydrogen-bond donors (Lipinski definition) is 4. The normalized spacial score (nSPS) is 13.8. The molecule has 14 aromatic rings. The molecule has 8 heterocycles. The van der Waals surface area contributed by atoms with Crippen molar-refractivity contribution in [2.45, 2.75) is 68.0 Å². The minimum absolute atomic E-state index is 0.0883. The van der Waals surface area contributed by atoms with E-state index in [9.17, 15) is 72.8 Å². The van der Waals surface area contributed by atoms with Crippen LogP contribution in [-0.4, -0.2) is 211 Å². The minimum Gasteiger partial charge on any atom is -0.369 e. The number of anilines is 8. The molecule has 45 heteroatoms. The van der Waals surface area contributed by atoms with Crippen LogP contribution in [0.3, 0.4) is 0 Å². The third-order valence-electron chi connectivity index (χ3n) is 22.5. The Morgan fingerprint density at radius 3 is 0.978 bits per heavy atom. The fourth-order valence-electron chi connectivity index (χ4n) is 14.7. The predicted octanol–water partition coefficient (Wildman–Crippen LogP) is 16.0. The van der Waals surface area contributed by atoms with E-state index >= 15 is 0 Å². The van der Waals surface area contributed by atoms with Gasteiger partial charge in [0.2, 0.25) is 11.2 Å². The zero-order valence-corrected chi connectivity index (χ0v) is 81.1. The summed E-state index contributed by atoms with van der Waals surface area (Å²) >= 11 is 5.63. The second kappa shape index (κ2) is 43.8. The number of rotatable bonds is 23. The first-order chi connectivity index (χ1) is 65.4. The van der Waals surface area contributed by atoms with Crippen molar-refractivity contribution in [2.24, 2.45) is 0 Å². The average Bonchev–Trinajstić information content (AvgIpc) is 1.58. The van der Waals surface area contributed by atoms with Crippen LogP contribution in [0.15, 0.2) is 258 Å². The van der Waals surface area contributed by atoms with Crippen molar-refractivity contribution in [1.82, 2.24) is 63.3 Å². The summed E-state index contributed by atoms with van der Waals surface area (Å²) in [5.74, 6) is -0.311. The van der Waals surface area contributed by atoms with Gasteiger partial charge in [-0.3, -0.25) is 44.5 Å². The third-order valence-corrected chi connectivity index (χ3v) is 28.1. The van der Waals surface area contributed by atoms with Crippen LogP contribution in [0.4, 0.5) is 71.6 Å². The van der Waals surface area contributed by atoms with Gasteiger partial charge in [0.25, 0.3) is 56.2 Å². The summed E-state index contributed by atoms with van der Waals surface area (Å²) < 4.78 is 141. The summed E-state index contributed by atoms with van der Waals surface area (Å²) in [6.45, 7) is 22.6. The summed E-state index contributed by atoms with van der Waals surface area (Å²) in [5.41, 5.74) is 13.4. The number of nitrogens with zero attached hydrogens (tertiary/aromatic N) is 19. The van der Waals surface area contributed by atoms with Gasteiger partial charge in [-0.2, -0.15) is 0 Å². The molecule has 5 aromatic heterocycles. The molecule has 0 atom stereocenters. The van der Waals surface area contributed by atoms with Gasteiger partial charge in [0.1, 0.15) is 11.6 Å². The lowest BCUT2D eigenvalue weighted by Gasteiger charge is -2.34. The van der Waals surface area contributed by atoms with Gasteiger partial charge in [-0.25, -0.2) is 77.3 Å². The highest BCUT2D eigenvalue weighted by Crippen LogP contribution is 2.36. The fourth-order valence-corrected chi connectivity index (χ4v) is 18.8. The molecule has 0 aliphatic carbocycles. The molecule has 3 saturated heterocycles. The molecule has 0 unspecified atom stereocenters. The van der Waals surface area contributed by atoms with Crippen LogP contribution in [0.1, 0.15) is 39.3 Å². The molecule has 3 aliphatic rings. The molecule has 0 radical (unpaired) electrons. The molecule has 0 amide bonds. The molecule has 4 N–H and O–H groups in total. The van der Waals surface area contributed by atoms with Crippen LogP contribution < -0.4 is 34.2 Å². The Balaban J connectivity index is 0.000000154. The van der Waals surface area contributed by atoms with Crippen LogP contribution in [0.25, 0.3) is 39.6 Å². The Morgan fingerprint density at radius 1 is 0.355 bits per heavy atom. The first-order valence-electron chi connectivity index (χ1n) is 42.7. The number of imidazole rings is 3. The maximum Gasteiger partial charge on any atom is 0.273 e. The first kappa shape index (κ1) is 101. The number of benzene rings is 9. The Hall–Kier alpha value is -14.3. The summed E-state index contributed by atoms with van der Waals surface area (Å²) in [5, 5.41) is 36.4. The second-order valence-electron chi connectivity index (χ2n) is 32.8. The molecule has 0 saturated carbocycles. The summed E-state index contributed by atoms with van der Waals surface area (Å²) in [6.07, 6.45) is 13.9. The Bertz CT molecular complexity index is 7110. The van der Waals surface area contributed by atoms with Gasteiger partial charge in [-0.05, 0) is 232 Å². The lowest BCUT2D eigenvalue weighted by atomic mass is 10.1. The maximum absolute atomic E-state index is 13.7. The van der Waals surface area contributed by atoms with E-state index in [0.29, 0.717) is 50.8 Å². The summed E-state index contributed by atoms with van der Waals surface area (Å²) in [6, 6.07) is 48.5. The van der Waals surface area contributed by atoms with E-state index in [0.717, 1.165) is 165 Å². The SMILES string of the molecule is Cc1ccc(S(=O)(=O)Cl)cc1[N+](=O)[O-].Cc1cn(-c2cc(NS(=O)(=O)c3ccc(C)c(Nc4nccc(-c5ccc(F)cc5)n4)c3)cc(N3CCN(C)CC3)c2)cn1.Cc1cn(-c2cc(NS(=O)(=O)c3ccc(C)c([N+](=O)[O-])c3)cc(N3CCN(C)CC3)c2)cn1.Cc1cn(-c2cc(NS(=O)(=O)c3ccc(C)c([N+](=O)[O-])c3)cc(N3CCN(C)CC3)c2)cn1.Fc1ccc(-c2ccnc(Cl)n2)cc1. The first-order valence-corrected chi connectivity index (χ1v) is 49.9. The highest BCUT2D eigenvalue weighted by molar-refractivity contribution is 8.13. The number of likely N-dealkylation sites (N-methyl/N-ethyl adjacent to an activating group) is 3. The van der Waals surface area contributed by atoms with Crippen LogP contribution in [0.5, 0.6) is 0 Å². The molecule has 0 spiro atoms. The number of piperazine rings is 3. The summed E-state index contributed by atoms with van der Waals surface area (Å²) in [7, 11) is -4.68. The summed E-state index contributed by atoms with van der Waals surface area (Å²) in [4.78, 5) is 73.7. The largest absolute Gasteiger partial charge is 0.369 e. The van der Waals surface area contributed by atoms with Gasteiger partial charge in [0, 0.05) is 189 Å². The fraction of sp³-hybridized carbons (Fsp3) is 0.237. The molecular weight excluding hydrogens is 1900 g/mol. The highest BCUT2D eigenvalue weighted by Gasteiger charge is 2.28. The molecule has 3 aliphatic heterocycles. The van der Waals surface area contributed by atoms with Crippen molar-refractivity contribution >= 4 is 124 Å². The van der Waals surface area contributed by atoms with Crippen molar-refractivity contribution in [2.75, 3.05) is 134 Å². The third kappa shape index (κ3) is 26.7. The van der Waals surface area contributed by atoms with Gasteiger partial charge >= 0.3 is 0 Å². The van der Waals surface area contributed by atoms with E-state index in [1.807, 2.05) is 78.2 Å². The second-order valence-corrected chi connectivity index (χ2v) is 40.8. The van der Waals surface area contributed by atoms with Crippen molar-refractivity contribution in [3.05, 3.63) is 325 Å². The van der Waals surface area contributed by atoms with E-state index in [4.69, 9.17) is 22.3 Å². The molecule has 17 rings (SSSR count). The molecule has 3 fully saturated rings. The van der Waals surface area contributed by atoms with Crippen molar-refractivity contribution in [3.8, 4) is 39.6 Å². The lowest BCUT2D eigenvalue weighted by molar-refractivity contribution is -0.385. The quantitative estimate of drug-likeness (QED) is 0.0200. The van der Waals surface area contributed by atoms with Gasteiger partial charge in [0.05, 0.1) is 116 Å². The van der Waals surface area contributed by atoms with Gasteiger partial charge < -0.3 is 48.4 Å². The number of nitrogens with one attached hydrogen (secondary N) is 4. The monoisotopic (exact) mass is 2000 g/mol. The standard InChI is InChI=1S/C32H33FN8O2S.2C22H26N6O4S.C10H6ClFN2.C7H6ClNO4S/c1-22-4-9-29(19-31(22)37-32-34-11-10-30(36-32)24-5-7-25(33)8-6-24)44(42,43)38-26-16-27(40-14-12-39(3)13-15-40)18-28(17-26)41-20-23(2)35-21-41;2*1-16-4-5-21(13-22(16)28(29)30)33(31,32)24-18-10-19(26-8-6-25(3)7-9-26)12-20(11-18)27-14-17(2)23-15-27;11-10-13-6-5-9(14-10)7-1-3-8(12)4-2-7;1-5-2-3-6(14(8,12)13)4-7(5)9(10)11/h4-11,16-21,38H,12-15H2,1-3H3,(H,34,36,37);2*4-5,10-15,24H,6-9H2,1-3H3;1-6H;2-4H,1H3. The van der Waals surface area contributed by atoms with Gasteiger partial charge in [0.15, 0.2) is 0 Å². The number of nitro benzene ring substituents is 3. The number of sulfonamides is 3. The van der Waals surface area contributed by atoms with E-state index in [-0.39, 0.29) is 59.5 Å². The predicted molar refractivity (Wildman–Crippen MR) is 527 cm³/mol. The Labute approximate surface area is 805 Å². The number of halogens is 4.